The van der Waals surface area contributed by atoms with E-state index in [1.165, 1.54) is 6.92 Å². The van der Waals surface area contributed by atoms with Gasteiger partial charge in [-0.25, -0.2) is 0 Å². The van der Waals surface area contributed by atoms with Gasteiger partial charge in [0.2, 0.25) is 0 Å². The number of esters is 1. The van der Waals surface area contributed by atoms with E-state index in [1.807, 2.05) is 39.8 Å². The summed E-state index contributed by atoms with van der Waals surface area (Å²) in [6.45, 7) is 8.74. The number of rotatable bonds is 5. The Kier molecular flexibility index (Phi) is 7.09. The monoisotopic (exact) mass is 391 g/mol. The molecule has 0 radical (unpaired) electrons. The summed E-state index contributed by atoms with van der Waals surface area (Å²) >= 11 is 1.07. The van der Waals surface area contributed by atoms with Crippen molar-refractivity contribution >= 4 is 28.8 Å². The largest absolute Gasteiger partial charge is 0.459 e. The molecule has 6 heteroatoms. The van der Waals surface area contributed by atoms with Gasteiger partial charge in [0.15, 0.2) is 5.12 Å². The zero-order valence-electron chi connectivity index (χ0n) is 16.8. The number of carbonyl (C=O) groups excluding carboxylic acids is 3. The number of amides is 1. The Labute approximate surface area is 165 Å². The molecular formula is C21H29NO4S. The molecule has 0 aromatic heterocycles. The zero-order valence-corrected chi connectivity index (χ0v) is 17.6. The third-order valence-corrected chi connectivity index (χ3v) is 5.47. The molecule has 1 aliphatic rings. The topological polar surface area (TPSA) is 63.7 Å². The van der Waals surface area contributed by atoms with E-state index < -0.39 is 11.6 Å². The van der Waals surface area contributed by atoms with Crippen LogP contribution in [-0.4, -0.2) is 40.1 Å². The van der Waals surface area contributed by atoms with Crippen LogP contribution in [0.1, 0.15) is 69.3 Å². The molecule has 27 heavy (non-hydrogen) atoms. The van der Waals surface area contributed by atoms with Crippen LogP contribution in [0.25, 0.3) is 0 Å². The van der Waals surface area contributed by atoms with Gasteiger partial charge in [-0.15, -0.1) is 0 Å². The van der Waals surface area contributed by atoms with Crippen molar-refractivity contribution < 1.29 is 19.1 Å². The van der Waals surface area contributed by atoms with Gasteiger partial charge < -0.3 is 9.64 Å². The van der Waals surface area contributed by atoms with Crippen molar-refractivity contribution in [3.63, 3.8) is 0 Å². The number of nitrogens with zero attached hydrogens (tertiary/aromatic N) is 1. The van der Waals surface area contributed by atoms with Crippen LogP contribution in [0.15, 0.2) is 23.1 Å². The molecule has 0 atom stereocenters. The molecule has 1 fully saturated rings. The predicted octanol–water partition coefficient (Wildman–Crippen LogP) is 4.36. The van der Waals surface area contributed by atoms with Crippen LogP contribution in [-0.2, 0) is 14.3 Å². The molecule has 0 aliphatic heterocycles. The number of ether oxygens (including phenoxy) is 1. The highest BCUT2D eigenvalue weighted by molar-refractivity contribution is 8.13. The second-order valence-electron chi connectivity index (χ2n) is 8.00. The number of hydrogen-bond acceptors (Lipinski definition) is 5. The van der Waals surface area contributed by atoms with Gasteiger partial charge in [-0.2, -0.15) is 0 Å². The molecule has 1 amide bonds. The summed E-state index contributed by atoms with van der Waals surface area (Å²) in [4.78, 5) is 39.8. The summed E-state index contributed by atoms with van der Waals surface area (Å²) in [7, 11) is 0. The number of aryl methyl sites for hydroxylation is 1. The molecule has 0 bridgehead atoms. The Hall–Kier alpha value is -1.82. The van der Waals surface area contributed by atoms with E-state index in [0.29, 0.717) is 10.5 Å². The minimum atomic E-state index is -0.597. The normalized spacial score (nSPS) is 14.9. The van der Waals surface area contributed by atoms with Gasteiger partial charge in [0.1, 0.15) is 12.1 Å². The molecule has 1 aromatic carbocycles. The average Bonchev–Trinajstić information content (AvgIpc) is 3.06. The standard InChI is InChI=1S/C21H29NO4S/c1-14-9-8-12-17(19(14)27-15(2)23)20(25)22(16-10-6-7-11-16)13-18(24)26-21(3,4)5/h8-9,12,16H,6-7,10-11,13H2,1-5H3. The average molecular weight is 392 g/mol. The van der Waals surface area contributed by atoms with E-state index >= 15 is 0 Å². The number of benzene rings is 1. The second-order valence-corrected chi connectivity index (χ2v) is 9.19. The highest BCUT2D eigenvalue weighted by Gasteiger charge is 2.32. The van der Waals surface area contributed by atoms with Crippen molar-refractivity contribution in [2.75, 3.05) is 6.54 Å². The van der Waals surface area contributed by atoms with Crippen molar-refractivity contribution in [3.05, 3.63) is 29.3 Å². The van der Waals surface area contributed by atoms with E-state index in [0.717, 1.165) is 43.0 Å². The van der Waals surface area contributed by atoms with Crippen molar-refractivity contribution in [1.29, 1.82) is 0 Å². The molecule has 0 heterocycles. The predicted molar refractivity (Wildman–Crippen MR) is 107 cm³/mol. The molecule has 0 N–H and O–H groups in total. The van der Waals surface area contributed by atoms with Gasteiger partial charge in [-0.05, 0) is 52.2 Å². The summed E-state index contributed by atoms with van der Waals surface area (Å²) in [6.07, 6.45) is 3.86. The molecular weight excluding hydrogens is 362 g/mol. The molecule has 1 aromatic rings. The first kappa shape index (κ1) is 21.5. The third kappa shape index (κ3) is 6.09. The van der Waals surface area contributed by atoms with Gasteiger partial charge >= 0.3 is 5.97 Å². The SMILES string of the molecule is CC(=O)Sc1c(C)cccc1C(=O)N(CC(=O)OC(C)(C)C)C1CCCC1. The van der Waals surface area contributed by atoms with E-state index in [1.54, 1.807) is 11.0 Å². The lowest BCUT2D eigenvalue weighted by Gasteiger charge is -2.30. The van der Waals surface area contributed by atoms with Crippen LogP contribution >= 0.6 is 11.8 Å². The summed E-state index contributed by atoms with van der Waals surface area (Å²) in [5.74, 6) is -0.614. The fourth-order valence-corrected chi connectivity index (χ4v) is 4.13. The van der Waals surface area contributed by atoms with Crippen molar-refractivity contribution in [2.45, 2.75) is 76.8 Å². The summed E-state index contributed by atoms with van der Waals surface area (Å²) in [5.41, 5.74) is 0.760. The maximum Gasteiger partial charge on any atom is 0.326 e. The summed E-state index contributed by atoms with van der Waals surface area (Å²) in [6, 6.07) is 5.46. The highest BCUT2D eigenvalue weighted by atomic mass is 32.2. The highest BCUT2D eigenvalue weighted by Crippen LogP contribution is 2.31. The smallest absolute Gasteiger partial charge is 0.326 e. The van der Waals surface area contributed by atoms with E-state index in [9.17, 15) is 14.4 Å². The van der Waals surface area contributed by atoms with Crippen LogP contribution in [0.2, 0.25) is 0 Å². The Morgan fingerprint density at radius 3 is 2.37 bits per heavy atom. The van der Waals surface area contributed by atoms with E-state index in [4.69, 9.17) is 4.74 Å². The minimum Gasteiger partial charge on any atom is -0.459 e. The molecule has 5 nitrogen and oxygen atoms in total. The van der Waals surface area contributed by atoms with E-state index in [2.05, 4.69) is 0 Å². The van der Waals surface area contributed by atoms with Crippen molar-refractivity contribution in [2.24, 2.45) is 0 Å². The third-order valence-electron chi connectivity index (χ3n) is 4.43. The van der Waals surface area contributed by atoms with Crippen LogP contribution in [0.3, 0.4) is 0 Å². The fraction of sp³-hybridized carbons (Fsp3) is 0.571. The van der Waals surface area contributed by atoms with Gasteiger partial charge in [0, 0.05) is 17.9 Å². The van der Waals surface area contributed by atoms with Gasteiger partial charge in [-0.3, -0.25) is 14.4 Å². The Bertz CT molecular complexity index is 717. The van der Waals surface area contributed by atoms with Crippen LogP contribution in [0.5, 0.6) is 0 Å². The first-order chi connectivity index (χ1) is 12.6. The molecule has 1 saturated carbocycles. The lowest BCUT2D eigenvalue weighted by atomic mass is 10.1. The van der Waals surface area contributed by atoms with Crippen molar-refractivity contribution in [3.8, 4) is 0 Å². The molecule has 148 valence electrons. The summed E-state index contributed by atoms with van der Waals surface area (Å²) < 4.78 is 5.44. The lowest BCUT2D eigenvalue weighted by molar-refractivity contribution is -0.156. The molecule has 0 unspecified atom stereocenters. The van der Waals surface area contributed by atoms with Gasteiger partial charge in [0.05, 0.1) is 5.56 Å². The molecule has 1 aliphatic carbocycles. The van der Waals surface area contributed by atoms with Crippen molar-refractivity contribution in [1.82, 2.24) is 4.90 Å². The zero-order chi connectivity index (χ0) is 20.2. The number of hydrogen-bond donors (Lipinski definition) is 0. The second kappa shape index (κ2) is 8.91. The van der Waals surface area contributed by atoms with Gasteiger partial charge in [0.25, 0.3) is 5.91 Å². The first-order valence-electron chi connectivity index (χ1n) is 9.39. The Morgan fingerprint density at radius 1 is 1.19 bits per heavy atom. The van der Waals surface area contributed by atoms with E-state index in [-0.39, 0.29) is 23.6 Å². The fourth-order valence-electron chi connectivity index (χ4n) is 3.35. The van der Waals surface area contributed by atoms with Gasteiger partial charge in [-0.1, -0.05) is 36.7 Å². The Morgan fingerprint density at radius 2 is 1.81 bits per heavy atom. The van der Waals surface area contributed by atoms with Crippen LogP contribution in [0, 0.1) is 6.92 Å². The quantitative estimate of drug-likeness (QED) is 0.551. The first-order valence-corrected chi connectivity index (χ1v) is 10.2. The molecule has 0 spiro atoms. The maximum absolute atomic E-state index is 13.4. The molecule has 0 saturated heterocycles. The summed E-state index contributed by atoms with van der Waals surface area (Å²) in [5, 5.41) is -0.0714. The number of thioether (sulfide) groups is 1. The number of carbonyl (C=O) groups is 3. The van der Waals surface area contributed by atoms with Crippen LogP contribution < -0.4 is 0 Å². The van der Waals surface area contributed by atoms with Crippen LogP contribution in [0.4, 0.5) is 0 Å². The minimum absolute atomic E-state index is 0.0284. The maximum atomic E-state index is 13.4. The lowest BCUT2D eigenvalue weighted by Crippen LogP contribution is -2.44. The molecule has 2 rings (SSSR count). The Balaban J connectivity index is 2.33.